The van der Waals surface area contributed by atoms with Crippen LogP contribution in [0.2, 0.25) is 0 Å². The van der Waals surface area contributed by atoms with E-state index >= 15 is 0 Å². The average Bonchev–Trinajstić information content (AvgIpc) is 2.13. The molecule has 0 spiro atoms. The second-order valence-electron chi connectivity index (χ2n) is 6.12. The number of benzene rings is 1. The van der Waals surface area contributed by atoms with Gasteiger partial charge in [-0.05, 0) is 36.0 Å². The predicted molar refractivity (Wildman–Crippen MR) is 76.3 cm³/mol. The van der Waals surface area contributed by atoms with Crippen molar-refractivity contribution in [3.63, 3.8) is 0 Å². The van der Waals surface area contributed by atoms with Crippen molar-refractivity contribution in [1.82, 2.24) is 0 Å². The Balaban J connectivity index is 2.71. The van der Waals surface area contributed by atoms with Gasteiger partial charge >= 0.3 is 0 Å². The van der Waals surface area contributed by atoms with Gasteiger partial charge in [0.15, 0.2) is 5.78 Å². The van der Waals surface area contributed by atoms with Crippen LogP contribution in [0.3, 0.4) is 0 Å². The molecule has 0 fully saturated rings. The number of carbonyl (C=O) groups excluding carboxylic acids is 1. The summed E-state index contributed by atoms with van der Waals surface area (Å²) in [4.78, 5) is 12.0. The maximum absolute atomic E-state index is 13.6. The van der Waals surface area contributed by atoms with E-state index in [9.17, 15) is 9.18 Å². The summed E-state index contributed by atoms with van der Waals surface area (Å²) in [6, 6.07) is 4.58. The number of halogens is 2. The minimum atomic E-state index is -0.447. The maximum atomic E-state index is 13.6. The van der Waals surface area contributed by atoms with Crippen LogP contribution in [0.15, 0.2) is 22.7 Å². The van der Waals surface area contributed by atoms with E-state index in [2.05, 4.69) is 36.7 Å². The zero-order valence-electron chi connectivity index (χ0n) is 11.4. The highest BCUT2D eigenvalue weighted by molar-refractivity contribution is 9.10. The van der Waals surface area contributed by atoms with E-state index in [4.69, 9.17) is 0 Å². The molecule has 0 heterocycles. The highest BCUT2D eigenvalue weighted by atomic mass is 79.9. The third-order valence-corrected chi connectivity index (χ3v) is 3.22. The van der Waals surface area contributed by atoms with E-state index in [1.807, 2.05) is 6.92 Å². The van der Waals surface area contributed by atoms with Crippen molar-refractivity contribution in [3.8, 4) is 0 Å². The topological polar surface area (TPSA) is 17.1 Å². The van der Waals surface area contributed by atoms with Crippen molar-refractivity contribution in [2.75, 3.05) is 0 Å². The van der Waals surface area contributed by atoms with Gasteiger partial charge in [0.05, 0.1) is 5.56 Å². The fourth-order valence-electron chi connectivity index (χ4n) is 2.26. The third-order valence-electron chi connectivity index (χ3n) is 2.73. The fourth-order valence-corrected chi connectivity index (χ4v) is 2.59. The first kappa shape index (κ1) is 15.4. The minimum Gasteiger partial charge on any atom is -0.294 e. The Hall–Kier alpha value is -0.700. The molecular weight excluding hydrogens is 295 g/mol. The van der Waals surface area contributed by atoms with Gasteiger partial charge in [-0.25, -0.2) is 4.39 Å². The molecule has 0 N–H and O–H groups in total. The molecule has 0 amide bonds. The number of hydrogen-bond donors (Lipinski definition) is 0. The summed E-state index contributed by atoms with van der Waals surface area (Å²) in [5.74, 6) is -0.297. The second kappa shape index (κ2) is 5.96. The van der Waals surface area contributed by atoms with Gasteiger partial charge in [-0.1, -0.05) is 43.6 Å². The normalized spacial score (nSPS) is 13.4. The van der Waals surface area contributed by atoms with E-state index in [-0.39, 0.29) is 22.7 Å². The molecule has 0 aliphatic rings. The van der Waals surface area contributed by atoms with Crippen LogP contribution in [0.5, 0.6) is 0 Å². The zero-order valence-corrected chi connectivity index (χ0v) is 13.0. The summed E-state index contributed by atoms with van der Waals surface area (Å²) in [6.07, 6.45) is 1.35. The van der Waals surface area contributed by atoms with E-state index in [0.717, 1.165) is 6.42 Å². The van der Waals surface area contributed by atoms with Crippen LogP contribution in [0.1, 0.15) is 50.9 Å². The smallest absolute Gasteiger partial charge is 0.166 e. The standard InChI is InChI=1S/C15H20BrFO/c1-10(9-15(2,3)4)7-14(18)12-6-5-11(16)8-13(12)17/h5-6,8,10H,7,9H2,1-4H3. The van der Waals surface area contributed by atoms with Gasteiger partial charge in [0, 0.05) is 10.9 Å². The van der Waals surface area contributed by atoms with Crippen LogP contribution in [0, 0.1) is 17.2 Å². The van der Waals surface area contributed by atoms with Crippen LogP contribution in [0.4, 0.5) is 4.39 Å². The van der Waals surface area contributed by atoms with Crippen molar-refractivity contribution in [2.24, 2.45) is 11.3 Å². The number of rotatable bonds is 4. The largest absolute Gasteiger partial charge is 0.294 e. The quantitative estimate of drug-likeness (QED) is 0.695. The summed E-state index contributed by atoms with van der Waals surface area (Å²) in [6.45, 7) is 8.48. The molecule has 0 bridgehead atoms. The molecule has 3 heteroatoms. The first-order valence-corrected chi connectivity index (χ1v) is 6.96. The van der Waals surface area contributed by atoms with E-state index in [1.165, 1.54) is 6.07 Å². The first-order chi connectivity index (χ1) is 8.19. The van der Waals surface area contributed by atoms with Crippen LogP contribution in [0.25, 0.3) is 0 Å². The van der Waals surface area contributed by atoms with Crippen molar-refractivity contribution in [2.45, 2.75) is 40.5 Å². The molecule has 0 aromatic heterocycles. The Labute approximate surface area is 117 Å². The summed E-state index contributed by atoms with van der Waals surface area (Å²) in [5.41, 5.74) is 0.386. The Bertz CT molecular complexity index is 435. The molecule has 18 heavy (non-hydrogen) atoms. The summed E-state index contributed by atoms with van der Waals surface area (Å²) in [7, 11) is 0. The van der Waals surface area contributed by atoms with Crippen molar-refractivity contribution in [3.05, 3.63) is 34.1 Å². The zero-order chi connectivity index (χ0) is 13.9. The third kappa shape index (κ3) is 4.89. The first-order valence-electron chi connectivity index (χ1n) is 6.17. The Morgan fingerprint density at radius 1 is 1.39 bits per heavy atom. The highest BCUT2D eigenvalue weighted by Gasteiger charge is 2.20. The molecule has 0 saturated heterocycles. The number of Topliss-reactive ketones (excluding diaryl/α,β-unsaturated/α-hetero) is 1. The van der Waals surface area contributed by atoms with E-state index in [1.54, 1.807) is 12.1 Å². The SMILES string of the molecule is CC(CC(=O)c1ccc(Br)cc1F)CC(C)(C)C. The lowest BCUT2D eigenvalue weighted by atomic mass is 9.83. The molecule has 1 atom stereocenters. The van der Waals surface area contributed by atoms with Gasteiger partial charge < -0.3 is 0 Å². The van der Waals surface area contributed by atoms with Gasteiger partial charge in [-0.3, -0.25) is 4.79 Å². The minimum absolute atomic E-state index is 0.114. The predicted octanol–water partition coefficient (Wildman–Crippen LogP) is 5.23. The number of ketones is 1. The Kier molecular flexibility index (Phi) is 5.09. The summed E-state index contributed by atoms with van der Waals surface area (Å²) < 4.78 is 14.3. The maximum Gasteiger partial charge on any atom is 0.166 e. The molecule has 0 aliphatic carbocycles. The Morgan fingerprint density at radius 2 is 2.00 bits per heavy atom. The van der Waals surface area contributed by atoms with Gasteiger partial charge in [-0.15, -0.1) is 0 Å². The molecule has 0 saturated carbocycles. The van der Waals surface area contributed by atoms with Crippen molar-refractivity contribution in [1.29, 1.82) is 0 Å². The van der Waals surface area contributed by atoms with Crippen LogP contribution >= 0.6 is 15.9 Å². The molecule has 0 aliphatic heterocycles. The lowest BCUT2D eigenvalue weighted by molar-refractivity contribution is 0.0950. The molecule has 1 rings (SSSR count). The summed E-state index contributed by atoms with van der Waals surface area (Å²) in [5, 5.41) is 0. The Morgan fingerprint density at radius 3 is 2.50 bits per heavy atom. The second-order valence-corrected chi connectivity index (χ2v) is 7.04. The van der Waals surface area contributed by atoms with Gasteiger partial charge in [0.25, 0.3) is 0 Å². The van der Waals surface area contributed by atoms with Crippen molar-refractivity contribution >= 4 is 21.7 Å². The van der Waals surface area contributed by atoms with E-state index in [0.29, 0.717) is 10.9 Å². The molecule has 1 nitrogen and oxygen atoms in total. The average molecular weight is 315 g/mol. The molecule has 100 valence electrons. The summed E-state index contributed by atoms with van der Waals surface area (Å²) >= 11 is 3.18. The molecule has 1 aromatic carbocycles. The van der Waals surface area contributed by atoms with Gasteiger partial charge in [0.1, 0.15) is 5.82 Å². The molecule has 1 aromatic rings. The van der Waals surface area contributed by atoms with Gasteiger partial charge in [0.2, 0.25) is 0 Å². The van der Waals surface area contributed by atoms with Crippen LogP contribution in [-0.4, -0.2) is 5.78 Å². The van der Waals surface area contributed by atoms with Gasteiger partial charge in [-0.2, -0.15) is 0 Å². The van der Waals surface area contributed by atoms with Crippen LogP contribution in [-0.2, 0) is 0 Å². The molecule has 1 unspecified atom stereocenters. The van der Waals surface area contributed by atoms with Crippen LogP contribution < -0.4 is 0 Å². The molecule has 0 radical (unpaired) electrons. The number of hydrogen-bond acceptors (Lipinski definition) is 1. The lowest BCUT2D eigenvalue weighted by Crippen LogP contribution is -2.15. The lowest BCUT2D eigenvalue weighted by Gasteiger charge is -2.22. The highest BCUT2D eigenvalue weighted by Crippen LogP contribution is 2.27. The van der Waals surface area contributed by atoms with E-state index < -0.39 is 5.82 Å². The number of carbonyl (C=O) groups is 1. The van der Waals surface area contributed by atoms with Crippen molar-refractivity contribution < 1.29 is 9.18 Å². The molecular formula is C15H20BrFO. The fraction of sp³-hybridized carbons (Fsp3) is 0.533. The monoisotopic (exact) mass is 314 g/mol.